The minimum Gasteiger partial charge on any atom is -0.371 e. The number of carbonyl (C=O) groups excluding carboxylic acids is 2. The van der Waals surface area contributed by atoms with E-state index in [9.17, 15) is 9.59 Å². The van der Waals surface area contributed by atoms with Gasteiger partial charge in [0.25, 0.3) is 5.91 Å². The monoisotopic (exact) mass is 414 g/mol. The quantitative estimate of drug-likeness (QED) is 0.696. The van der Waals surface area contributed by atoms with Crippen molar-refractivity contribution in [1.82, 2.24) is 15.5 Å². The molecule has 7 heteroatoms. The molecule has 2 heterocycles. The first kappa shape index (κ1) is 21.3. The van der Waals surface area contributed by atoms with Gasteiger partial charge in [0.05, 0.1) is 12.0 Å². The third kappa shape index (κ3) is 6.30. The summed E-state index contributed by atoms with van der Waals surface area (Å²) < 4.78 is 0. The minimum atomic E-state index is -0.0335. The molecule has 3 rings (SSSR count). The highest BCUT2D eigenvalue weighted by Gasteiger charge is 2.23. The number of hydrogen-bond acceptors (Lipinski definition) is 5. The molecule has 0 radical (unpaired) electrons. The third-order valence-corrected chi connectivity index (χ3v) is 5.99. The Labute approximate surface area is 176 Å². The van der Waals surface area contributed by atoms with Crippen molar-refractivity contribution in [1.29, 1.82) is 0 Å². The van der Waals surface area contributed by atoms with E-state index in [-0.39, 0.29) is 17.9 Å². The second kappa shape index (κ2) is 10.4. The van der Waals surface area contributed by atoms with Crippen LogP contribution < -0.4 is 15.5 Å². The number of nitrogens with zero attached hydrogens (tertiary/aromatic N) is 2. The maximum atomic E-state index is 12.6. The van der Waals surface area contributed by atoms with Gasteiger partial charge in [-0.1, -0.05) is 18.2 Å². The van der Waals surface area contributed by atoms with Crippen LogP contribution >= 0.6 is 11.3 Å². The molecule has 1 aliphatic rings. The number of benzene rings is 1. The molecule has 2 amide bonds. The van der Waals surface area contributed by atoms with Gasteiger partial charge in [-0.25, -0.2) is 0 Å². The first-order chi connectivity index (χ1) is 14.0. The molecule has 0 unspecified atom stereocenters. The van der Waals surface area contributed by atoms with Crippen molar-refractivity contribution in [3.05, 3.63) is 52.2 Å². The van der Waals surface area contributed by atoms with Gasteiger partial charge < -0.3 is 20.4 Å². The molecule has 2 N–H and O–H groups in total. The van der Waals surface area contributed by atoms with E-state index in [1.54, 1.807) is 11.3 Å². The average Bonchev–Trinajstić information content (AvgIpc) is 3.21. The summed E-state index contributed by atoms with van der Waals surface area (Å²) in [5.41, 5.74) is 1.68. The first-order valence-electron chi connectivity index (χ1n) is 10.1. The summed E-state index contributed by atoms with van der Waals surface area (Å²) in [6.07, 6.45) is 2.22. The molecule has 1 saturated heterocycles. The van der Waals surface area contributed by atoms with E-state index in [1.165, 1.54) is 0 Å². The van der Waals surface area contributed by atoms with Gasteiger partial charge in [0.2, 0.25) is 5.91 Å². The fraction of sp³-hybridized carbons (Fsp3) is 0.455. The second-order valence-corrected chi connectivity index (χ2v) is 8.69. The number of amides is 2. The highest BCUT2D eigenvalue weighted by atomic mass is 32.1. The Balaban J connectivity index is 1.52. The average molecular weight is 415 g/mol. The molecule has 1 aliphatic heterocycles. The van der Waals surface area contributed by atoms with Crippen LogP contribution in [0.4, 0.5) is 5.69 Å². The molecule has 156 valence electrons. The zero-order valence-corrected chi connectivity index (χ0v) is 18.0. The van der Waals surface area contributed by atoms with E-state index in [0.717, 1.165) is 43.0 Å². The molecule has 29 heavy (non-hydrogen) atoms. The number of likely N-dealkylation sites (N-methyl/N-ethyl adjacent to an activating group) is 1. The van der Waals surface area contributed by atoms with Crippen molar-refractivity contribution >= 4 is 28.8 Å². The van der Waals surface area contributed by atoms with E-state index >= 15 is 0 Å². The van der Waals surface area contributed by atoms with Gasteiger partial charge >= 0.3 is 0 Å². The van der Waals surface area contributed by atoms with E-state index in [1.807, 2.05) is 60.8 Å². The lowest BCUT2D eigenvalue weighted by Crippen LogP contribution is -2.45. The summed E-state index contributed by atoms with van der Waals surface area (Å²) >= 11 is 1.61. The van der Waals surface area contributed by atoms with Crippen molar-refractivity contribution in [3.8, 4) is 0 Å². The van der Waals surface area contributed by atoms with Crippen LogP contribution in [0.15, 0.2) is 41.8 Å². The number of thiophene rings is 1. The van der Waals surface area contributed by atoms with Crippen molar-refractivity contribution < 1.29 is 9.59 Å². The largest absolute Gasteiger partial charge is 0.371 e. The topological polar surface area (TPSA) is 64.7 Å². The molecular weight excluding hydrogens is 384 g/mol. The smallest absolute Gasteiger partial charge is 0.253 e. The van der Waals surface area contributed by atoms with Gasteiger partial charge in [0.1, 0.15) is 0 Å². The molecule has 0 saturated carbocycles. The van der Waals surface area contributed by atoms with E-state index in [0.29, 0.717) is 18.5 Å². The predicted octanol–water partition coefficient (Wildman–Crippen LogP) is 2.37. The fourth-order valence-corrected chi connectivity index (χ4v) is 4.25. The molecule has 2 aromatic rings. The van der Waals surface area contributed by atoms with Gasteiger partial charge in [0.15, 0.2) is 0 Å². The second-order valence-electron chi connectivity index (χ2n) is 7.66. The van der Waals surface area contributed by atoms with Crippen molar-refractivity contribution in [2.45, 2.75) is 25.3 Å². The zero-order valence-electron chi connectivity index (χ0n) is 17.2. The summed E-state index contributed by atoms with van der Waals surface area (Å²) in [7, 11) is 3.98. The van der Waals surface area contributed by atoms with E-state index < -0.39 is 0 Å². The number of para-hydroxylation sites is 1. The van der Waals surface area contributed by atoms with Crippen LogP contribution in [0.5, 0.6) is 0 Å². The van der Waals surface area contributed by atoms with E-state index in [2.05, 4.69) is 15.5 Å². The molecule has 6 nitrogen and oxygen atoms in total. The summed E-state index contributed by atoms with van der Waals surface area (Å²) in [4.78, 5) is 30.3. The lowest BCUT2D eigenvalue weighted by Gasteiger charge is -2.35. The number of hydrogen-bond donors (Lipinski definition) is 2. The highest BCUT2D eigenvalue weighted by molar-refractivity contribution is 7.10. The van der Waals surface area contributed by atoms with Crippen LogP contribution in [0, 0.1) is 0 Å². The number of rotatable bonds is 8. The molecular formula is C22H30N4O2S. The van der Waals surface area contributed by atoms with Crippen molar-refractivity contribution in [2.75, 3.05) is 45.2 Å². The number of anilines is 1. The van der Waals surface area contributed by atoms with Crippen LogP contribution in [0.3, 0.4) is 0 Å². The Hall–Kier alpha value is -2.38. The van der Waals surface area contributed by atoms with Gasteiger partial charge in [-0.3, -0.25) is 9.59 Å². The highest BCUT2D eigenvalue weighted by Crippen LogP contribution is 2.24. The third-order valence-electron chi connectivity index (χ3n) is 5.11. The molecule has 0 spiro atoms. The summed E-state index contributed by atoms with van der Waals surface area (Å²) in [6, 6.07) is 11.9. The van der Waals surface area contributed by atoms with Crippen LogP contribution in [-0.2, 0) is 11.2 Å². The van der Waals surface area contributed by atoms with Crippen molar-refractivity contribution in [2.24, 2.45) is 0 Å². The standard InChI is InChI=1S/C22H30N4O2S/c1-25(2)14-11-23-22(28)19-7-3-4-8-20(19)26-12-9-17(10-13-26)24-21(27)16-18-6-5-15-29-18/h3-8,15,17H,9-14,16H2,1-2H3,(H,23,28)(H,24,27). The SMILES string of the molecule is CN(C)CCNC(=O)c1ccccc1N1CCC(NC(=O)Cc2cccs2)CC1. The predicted molar refractivity (Wildman–Crippen MR) is 119 cm³/mol. The summed E-state index contributed by atoms with van der Waals surface area (Å²) in [5, 5.41) is 8.16. The normalized spacial score (nSPS) is 14.8. The number of piperidine rings is 1. The molecule has 1 fully saturated rings. The van der Waals surface area contributed by atoms with Gasteiger partial charge in [-0.15, -0.1) is 11.3 Å². The summed E-state index contributed by atoms with van der Waals surface area (Å²) in [6.45, 7) is 3.08. The van der Waals surface area contributed by atoms with Crippen LogP contribution in [-0.4, -0.2) is 63.0 Å². The Bertz CT molecular complexity index is 799. The molecule has 1 aromatic carbocycles. The lowest BCUT2D eigenvalue weighted by molar-refractivity contribution is -0.121. The Morgan fingerprint density at radius 3 is 2.59 bits per heavy atom. The van der Waals surface area contributed by atoms with Crippen LogP contribution in [0.25, 0.3) is 0 Å². The molecule has 0 bridgehead atoms. The first-order valence-corrected chi connectivity index (χ1v) is 11.0. The molecule has 1 aromatic heterocycles. The minimum absolute atomic E-state index is 0.0335. The fourth-order valence-electron chi connectivity index (χ4n) is 3.54. The number of carbonyl (C=O) groups is 2. The maximum Gasteiger partial charge on any atom is 0.253 e. The van der Waals surface area contributed by atoms with Gasteiger partial charge in [-0.2, -0.15) is 0 Å². The van der Waals surface area contributed by atoms with E-state index in [4.69, 9.17) is 0 Å². The Morgan fingerprint density at radius 1 is 1.14 bits per heavy atom. The van der Waals surface area contributed by atoms with Crippen molar-refractivity contribution in [3.63, 3.8) is 0 Å². The summed E-state index contributed by atoms with van der Waals surface area (Å²) in [5.74, 6) is 0.0559. The Morgan fingerprint density at radius 2 is 1.90 bits per heavy atom. The molecule has 0 atom stereocenters. The van der Waals surface area contributed by atoms with Gasteiger partial charge in [0, 0.05) is 42.8 Å². The zero-order chi connectivity index (χ0) is 20.6. The van der Waals surface area contributed by atoms with Gasteiger partial charge in [-0.05, 0) is 50.5 Å². The Kier molecular flexibility index (Phi) is 7.66. The molecule has 0 aliphatic carbocycles. The van der Waals surface area contributed by atoms with Crippen LogP contribution in [0.2, 0.25) is 0 Å². The lowest BCUT2D eigenvalue weighted by atomic mass is 10.0. The maximum absolute atomic E-state index is 12.6. The number of nitrogens with one attached hydrogen (secondary N) is 2. The van der Waals surface area contributed by atoms with Crippen LogP contribution in [0.1, 0.15) is 28.1 Å².